The molecule has 1 aliphatic rings. The fourth-order valence-corrected chi connectivity index (χ4v) is 3.43. The van der Waals surface area contributed by atoms with Crippen LogP contribution in [0.3, 0.4) is 0 Å². The van der Waals surface area contributed by atoms with E-state index in [1.54, 1.807) is 12.1 Å². The van der Waals surface area contributed by atoms with Gasteiger partial charge in [0.1, 0.15) is 11.6 Å². The molecule has 138 valence electrons. The van der Waals surface area contributed by atoms with Crippen molar-refractivity contribution in [2.24, 2.45) is 0 Å². The average Bonchev–Trinajstić information content (AvgIpc) is 2.90. The van der Waals surface area contributed by atoms with Crippen molar-refractivity contribution in [2.45, 2.75) is 32.2 Å². The lowest BCUT2D eigenvalue weighted by atomic mass is 10.1. The average molecular weight is 385 g/mol. The number of anilines is 1. The Morgan fingerprint density at radius 2 is 1.89 bits per heavy atom. The predicted molar refractivity (Wildman–Crippen MR) is 102 cm³/mol. The van der Waals surface area contributed by atoms with E-state index in [2.05, 4.69) is 20.1 Å². The maximum atomic E-state index is 13.9. The minimum atomic E-state index is -0.650. The molecule has 1 N–H and O–H groups in total. The number of rotatable bonds is 3. The van der Waals surface area contributed by atoms with Crippen LogP contribution in [-0.2, 0) is 13.0 Å². The van der Waals surface area contributed by atoms with Gasteiger partial charge < -0.3 is 9.88 Å². The first-order chi connectivity index (χ1) is 13.1. The zero-order valence-corrected chi connectivity index (χ0v) is 15.3. The van der Waals surface area contributed by atoms with Gasteiger partial charge in [0.05, 0.1) is 5.56 Å². The minimum Gasteiger partial charge on any atom is -0.322 e. The molecular weight excluding hydrogens is 367 g/mol. The highest BCUT2D eigenvalue weighted by Crippen LogP contribution is 2.24. The van der Waals surface area contributed by atoms with Gasteiger partial charge in [0.25, 0.3) is 5.91 Å². The number of fused-ring (bicyclic) bond motifs is 1. The van der Waals surface area contributed by atoms with Gasteiger partial charge >= 0.3 is 0 Å². The van der Waals surface area contributed by atoms with E-state index in [0.717, 1.165) is 49.1 Å². The summed E-state index contributed by atoms with van der Waals surface area (Å²) in [7, 11) is 0. The van der Waals surface area contributed by atoms with Crippen molar-refractivity contribution in [3.63, 3.8) is 0 Å². The quantitative estimate of drug-likeness (QED) is 0.711. The van der Waals surface area contributed by atoms with E-state index in [1.807, 2.05) is 12.1 Å². The van der Waals surface area contributed by atoms with Crippen LogP contribution in [0.4, 0.5) is 10.1 Å². The van der Waals surface area contributed by atoms with Gasteiger partial charge in [-0.25, -0.2) is 4.39 Å². The van der Waals surface area contributed by atoms with Gasteiger partial charge in [-0.3, -0.25) is 4.79 Å². The molecule has 0 atom stereocenters. The minimum absolute atomic E-state index is 0.0498. The number of hydrogen-bond acceptors (Lipinski definition) is 3. The van der Waals surface area contributed by atoms with Gasteiger partial charge in [-0.1, -0.05) is 18.0 Å². The Hall–Kier alpha value is -2.73. The lowest BCUT2D eigenvalue weighted by Gasteiger charge is -2.09. The number of hydrogen-bond donors (Lipinski definition) is 1. The highest BCUT2D eigenvalue weighted by molar-refractivity contribution is 6.30. The summed E-state index contributed by atoms with van der Waals surface area (Å²) in [5, 5.41) is 11.6. The van der Waals surface area contributed by atoms with E-state index in [-0.39, 0.29) is 10.6 Å². The predicted octanol–water partition coefficient (Wildman–Crippen LogP) is 4.72. The Balaban J connectivity index is 1.53. The summed E-state index contributed by atoms with van der Waals surface area (Å²) < 4.78 is 16.1. The second kappa shape index (κ2) is 7.48. The highest BCUT2D eigenvalue weighted by Gasteiger charge is 2.16. The zero-order valence-electron chi connectivity index (χ0n) is 14.6. The molecule has 2 aromatic carbocycles. The summed E-state index contributed by atoms with van der Waals surface area (Å²) in [6, 6.07) is 11.3. The van der Waals surface area contributed by atoms with Gasteiger partial charge in [0.15, 0.2) is 5.82 Å². The summed E-state index contributed by atoms with van der Waals surface area (Å²) in [4.78, 5) is 12.3. The monoisotopic (exact) mass is 384 g/mol. The van der Waals surface area contributed by atoms with Gasteiger partial charge in [0, 0.05) is 29.2 Å². The van der Waals surface area contributed by atoms with Gasteiger partial charge in [-0.05, 0) is 55.3 Å². The first-order valence-electron chi connectivity index (χ1n) is 8.91. The molecule has 3 aromatic rings. The molecule has 5 nitrogen and oxygen atoms in total. The Labute approximate surface area is 161 Å². The molecule has 0 bridgehead atoms. The molecule has 1 aromatic heterocycles. The fourth-order valence-electron chi connectivity index (χ4n) is 3.27. The third kappa shape index (κ3) is 3.71. The third-order valence-electron chi connectivity index (χ3n) is 4.69. The fraction of sp³-hybridized carbons (Fsp3) is 0.250. The molecule has 1 aliphatic heterocycles. The Bertz CT molecular complexity index is 984. The number of carbonyl (C=O) groups is 1. The number of nitrogens with zero attached hydrogens (tertiary/aromatic N) is 3. The molecule has 0 saturated heterocycles. The van der Waals surface area contributed by atoms with E-state index in [1.165, 1.54) is 18.6 Å². The van der Waals surface area contributed by atoms with E-state index >= 15 is 0 Å². The molecule has 0 fully saturated rings. The number of amides is 1. The number of aryl methyl sites for hydroxylation is 1. The Morgan fingerprint density at radius 3 is 2.67 bits per heavy atom. The largest absolute Gasteiger partial charge is 0.322 e. The molecular formula is C20H18ClFN4O. The van der Waals surface area contributed by atoms with Crippen LogP contribution in [0.1, 0.15) is 35.4 Å². The van der Waals surface area contributed by atoms with Crippen LogP contribution >= 0.6 is 11.6 Å². The number of aromatic nitrogens is 3. The van der Waals surface area contributed by atoms with E-state index in [4.69, 9.17) is 11.6 Å². The molecule has 0 spiro atoms. The van der Waals surface area contributed by atoms with Crippen molar-refractivity contribution in [3.8, 4) is 11.4 Å². The summed E-state index contributed by atoms with van der Waals surface area (Å²) in [5.41, 5.74) is 1.46. The first-order valence-corrected chi connectivity index (χ1v) is 9.28. The lowest BCUT2D eigenvalue weighted by Crippen LogP contribution is -2.13. The van der Waals surface area contributed by atoms with Crippen LogP contribution in [0.2, 0.25) is 5.02 Å². The molecule has 7 heteroatoms. The third-order valence-corrected chi connectivity index (χ3v) is 4.92. The van der Waals surface area contributed by atoms with Crippen LogP contribution < -0.4 is 5.32 Å². The normalized spacial score (nSPS) is 13.7. The summed E-state index contributed by atoms with van der Waals surface area (Å²) in [6.45, 7) is 0.923. The van der Waals surface area contributed by atoms with Crippen molar-refractivity contribution < 1.29 is 9.18 Å². The molecule has 2 heterocycles. The van der Waals surface area contributed by atoms with Crippen molar-refractivity contribution >= 4 is 23.2 Å². The maximum absolute atomic E-state index is 13.9. The summed E-state index contributed by atoms with van der Waals surface area (Å²) in [6.07, 6.45) is 4.42. The summed E-state index contributed by atoms with van der Waals surface area (Å²) >= 11 is 5.72. The molecule has 1 amide bonds. The zero-order chi connectivity index (χ0) is 18.8. The van der Waals surface area contributed by atoms with Gasteiger partial charge in [-0.15, -0.1) is 10.2 Å². The Morgan fingerprint density at radius 1 is 1.07 bits per heavy atom. The van der Waals surface area contributed by atoms with E-state index < -0.39 is 11.7 Å². The number of benzene rings is 2. The highest BCUT2D eigenvalue weighted by atomic mass is 35.5. The molecule has 0 saturated carbocycles. The standard InChI is InChI=1S/C20H18ClFN4O/c21-14-7-10-16(17(22)12-14)20(27)23-15-8-5-13(6-9-15)19-25-24-18-4-2-1-3-11-26(18)19/h5-10,12H,1-4,11H2,(H,23,27). The van der Waals surface area contributed by atoms with Crippen LogP contribution in [0.15, 0.2) is 42.5 Å². The van der Waals surface area contributed by atoms with Crippen molar-refractivity contribution in [2.75, 3.05) is 5.32 Å². The second-order valence-corrected chi connectivity index (χ2v) is 6.99. The smallest absolute Gasteiger partial charge is 0.258 e. The Kier molecular flexibility index (Phi) is 4.90. The maximum Gasteiger partial charge on any atom is 0.258 e. The lowest BCUT2D eigenvalue weighted by molar-refractivity contribution is 0.102. The summed E-state index contributed by atoms with van der Waals surface area (Å²) in [5.74, 6) is 0.697. The number of carbonyl (C=O) groups excluding carboxylic acids is 1. The number of halogens is 2. The molecule has 0 aliphatic carbocycles. The SMILES string of the molecule is O=C(Nc1ccc(-c2nnc3n2CCCCC3)cc1)c1ccc(Cl)cc1F. The molecule has 0 radical (unpaired) electrons. The number of nitrogens with one attached hydrogen (secondary N) is 1. The second-order valence-electron chi connectivity index (χ2n) is 6.56. The van der Waals surface area contributed by atoms with Gasteiger partial charge in [0.2, 0.25) is 0 Å². The van der Waals surface area contributed by atoms with Crippen molar-refractivity contribution in [1.82, 2.24) is 14.8 Å². The van der Waals surface area contributed by atoms with Crippen LogP contribution in [0, 0.1) is 5.82 Å². The first kappa shape index (κ1) is 17.7. The molecule has 4 rings (SSSR count). The van der Waals surface area contributed by atoms with E-state index in [9.17, 15) is 9.18 Å². The molecule has 27 heavy (non-hydrogen) atoms. The van der Waals surface area contributed by atoms with Crippen LogP contribution in [0.5, 0.6) is 0 Å². The van der Waals surface area contributed by atoms with Crippen molar-refractivity contribution in [3.05, 3.63) is 64.7 Å². The van der Waals surface area contributed by atoms with E-state index in [0.29, 0.717) is 5.69 Å². The van der Waals surface area contributed by atoms with Crippen molar-refractivity contribution in [1.29, 1.82) is 0 Å². The van der Waals surface area contributed by atoms with Crippen LogP contribution in [0.25, 0.3) is 11.4 Å². The topological polar surface area (TPSA) is 59.8 Å². The van der Waals surface area contributed by atoms with Gasteiger partial charge in [-0.2, -0.15) is 0 Å². The molecule has 0 unspecified atom stereocenters. The van der Waals surface area contributed by atoms with Crippen LogP contribution in [-0.4, -0.2) is 20.7 Å².